The number of halogens is 1. The Morgan fingerprint density at radius 3 is 2.67 bits per heavy atom. The van der Waals surface area contributed by atoms with Crippen LogP contribution in [0.2, 0.25) is 5.02 Å². The van der Waals surface area contributed by atoms with E-state index < -0.39 is 0 Å². The van der Waals surface area contributed by atoms with E-state index in [1.807, 2.05) is 13.8 Å². The smallest absolute Gasteiger partial charge is 0.229 e. The zero-order valence-corrected chi connectivity index (χ0v) is 13.2. The van der Waals surface area contributed by atoms with Crippen molar-refractivity contribution in [3.8, 4) is 5.75 Å². The number of aryl methyl sites for hydroxylation is 3. The Kier molecular flexibility index (Phi) is 4.53. The van der Waals surface area contributed by atoms with Gasteiger partial charge >= 0.3 is 0 Å². The van der Waals surface area contributed by atoms with Crippen molar-refractivity contribution in [2.45, 2.75) is 27.2 Å². The van der Waals surface area contributed by atoms with E-state index in [2.05, 4.69) is 10.5 Å². The van der Waals surface area contributed by atoms with Crippen LogP contribution < -0.4 is 10.1 Å². The van der Waals surface area contributed by atoms with Crippen molar-refractivity contribution in [3.05, 3.63) is 39.7 Å². The maximum Gasteiger partial charge on any atom is 0.229 e. The molecule has 0 unspecified atom stereocenters. The second-order valence-corrected chi connectivity index (χ2v) is 5.24. The molecule has 0 atom stereocenters. The molecule has 0 saturated carbocycles. The minimum atomic E-state index is -0.163. The quantitative estimate of drug-likeness (QED) is 0.939. The van der Waals surface area contributed by atoms with E-state index in [1.54, 1.807) is 19.1 Å². The Hall–Kier alpha value is -2.01. The van der Waals surface area contributed by atoms with Crippen molar-refractivity contribution >= 4 is 23.2 Å². The average molecular weight is 309 g/mol. The molecule has 0 saturated heterocycles. The highest BCUT2D eigenvalue weighted by Crippen LogP contribution is 2.31. The van der Waals surface area contributed by atoms with Crippen molar-refractivity contribution in [3.63, 3.8) is 0 Å². The number of amides is 1. The van der Waals surface area contributed by atoms with Crippen molar-refractivity contribution in [1.29, 1.82) is 0 Å². The topological polar surface area (TPSA) is 64.4 Å². The van der Waals surface area contributed by atoms with E-state index in [9.17, 15) is 4.79 Å². The minimum Gasteiger partial charge on any atom is -0.495 e. The summed E-state index contributed by atoms with van der Waals surface area (Å²) in [6.07, 6.45) is 0.200. The van der Waals surface area contributed by atoms with Crippen molar-refractivity contribution < 1.29 is 14.1 Å². The van der Waals surface area contributed by atoms with Gasteiger partial charge < -0.3 is 14.6 Å². The van der Waals surface area contributed by atoms with Gasteiger partial charge in [-0.25, -0.2) is 0 Å². The molecule has 21 heavy (non-hydrogen) atoms. The van der Waals surface area contributed by atoms with E-state index in [0.717, 1.165) is 16.8 Å². The molecule has 0 aliphatic heterocycles. The number of methoxy groups -OCH3 is 1. The largest absolute Gasteiger partial charge is 0.495 e. The number of hydrogen-bond donors (Lipinski definition) is 1. The lowest BCUT2D eigenvalue weighted by molar-refractivity contribution is -0.115. The molecule has 0 spiro atoms. The number of ether oxygens (including phenoxy) is 1. The molecule has 5 nitrogen and oxygen atoms in total. The molecule has 0 aliphatic rings. The zero-order chi connectivity index (χ0) is 15.6. The number of benzene rings is 1. The fourth-order valence-corrected chi connectivity index (χ4v) is 2.19. The van der Waals surface area contributed by atoms with Crippen molar-refractivity contribution in [1.82, 2.24) is 5.16 Å². The molecule has 1 N–H and O–H groups in total. The maximum absolute atomic E-state index is 12.2. The number of hydrogen-bond acceptors (Lipinski definition) is 4. The molecule has 112 valence electrons. The van der Waals surface area contributed by atoms with E-state index in [-0.39, 0.29) is 12.3 Å². The summed E-state index contributed by atoms with van der Waals surface area (Å²) in [4.78, 5) is 12.2. The van der Waals surface area contributed by atoms with Gasteiger partial charge in [0.2, 0.25) is 5.91 Å². The van der Waals surface area contributed by atoms with Gasteiger partial charge in [0.15, 0.2) is 0 Å². The van der Waals surface area contributed by atoms with Gasteiger partial charge in [-0.05, 0) is 32.4 Å². The predicted octanol–water partition coefficient (Wildman–Crippen LogP) is 3.44. The zero-order valence-electron chi connectivity index (χ0n) is 12.4. The summed E-state index contributed by atoms with van der Waals surface area (Å²) in [6.45, 7) is 5.47. The normalized spacial score (nSPS) is 10.5. The standard InChI is InChI=1S/C15H17ClN2O3/c1-8-5-13(14(20-4)7-12(8)16)17-15(19)6-11-9(2)18-21-10(11)3/h5,7H,6H2,1-4H3,(H,17,19). The van der Waals surface area contributed by atoms with Crippen LogP contribution in [0.3, 0.4) is 0 Å². The van der Waals surface area contributed by atoms with Crippen LogP contribution in [-0.2, 0) is 11.2 Å². The number of rotatable bonds is 4. The Morgan fingerprint density at radius 1 is 1.38 bits per heavy atom. The van der Waals surface area contributed by atoms with E-state index in [1.165, 1.54) is 7.11 Å². The summed E-state index contributed by atoms with van der Waals surface area (Å²) >= 11 is 6.04. The SMILES string of the molecule is COc1cc(Cl)c(C)cc1NC(=O)Cc1c(C)noc1C. The Morgan fingerprint density at radius 2 is 2.10 bits per heavy atom. The molecule has 2 rings (SSSR count). The lowest BCUT2D eigenvalue weighted by Crippen LogP contribution is -2.16. The van der Waals surface area contributed by atoms with Crippen LogP contribution in [0.25, 0.3) is 0 Å². The summed E-state index contributed by atoms with van der Waals surface area (Å²) in [6, 6.07) is 3.47. The maximum atomic E-state index is 12.2. The molecule has 1 amide bonds. The first-order chi connectivity index (χ1) is 9.92. The number of carbonyl (C=O) groups excluding carboxylic acids is 1. The minimum absolute atomic E-state index is 0.163. The Bertz CT molecular complexity index is 660. The Balaban J connectivity index is 2.18. The van der Waals surface area contributed by atoms with Gasteiger partial charge in [0.1, 0.15) is 11.5 Å². The fourth-order valence-electron chi connectivity index (χ4n) is 2.04. The number of nitrogens with zero attached hydrogens (tertiary/aromatic N) is 1. The lowest BCUT2D eigenvalue weighted by atomic mass is 10.1. The monoisotopic (exact) mass is 308 g/mol. The molecule has 0 bridgehead atoms. The van der Waals surface area contributed by atoms with Crippen LogP contribution in [0.1, 0.15) is 22.6 Å². The van der Waals surface area contributed by atoms with Gasteiger partial charge in [0, 0.05) is 16.7 Å². The molecule has 0 fully saturated rings. The fraction of sp³-hybridized carbons (Fsp3) is 0.333. The van der Waals surface area contributed by atoms with Gasteiger partial charge in [-0.2, -0.15) is 0 Å². The van der Waals surface area contributed by atoms with E-state index in [4.69, 9.17) is 20.9 Å². The highest BCUT2D eigenvalue weighted by Gasteiger charge is 2.15. The number of nitrogens with one attached hydrogen (secondary N) is 1. The first kappa shape index (κ1) is 15.4. The van der Waals surface area contributed by atoms with Crippen LogP contribution in [0, 0.1) is 20.8 Å². The molecule has 6 heteroatoms. The van der Waals surface area contributed by atoms with Crippen molar-refractivity contribution in [2.24, 2.45) is 0 Å². The number of carbonyl (C=O) groups is 1. The van der Waals surface area contributed by atoms with Gasteiger partial charge in [-0.1, -0.05) is 16.8 Å². The van der Waals surface area contributed by atoms with Gasteiger partial charge in [-0.3, -0.25) is 4.79 Å². The van der Waals surface area contributed by atoms with Gasteiger partial charge in [0.25, 0.3) is 0 Å². The van der Waals surface area contributed by atoms with Gasteiger partial charge in [0.05, 0.1) is 24.9 Å². The third-order valence-corrected chi connectivity index (χ3v) is 3.68. The van der Waals surface area contributed by atoms with Crippen LogP contribution in [0.4, 0.5) is 5.69 Å². The molecule has 1 aromatic heterocycles. The first-order valence-corrected chi connectivity index (χ1v) is 6.86. The average Bonchev–Trinajstić information content (AvgIpc) is 2.74. The molecule has 1 aromatic carbocycles. The second kappa shape index (κ2) is 6.18. The molecule has 1 heterocycles. The van der Waals surface area contributed by atoms with Crippen LogP contribution in [0.5, 0.6) is 5.75 Å². The van der Waals surface area contributed by atoms with Crippen molar-refractivity contribution in [2.75, 3.05) is 12.4 Å². The summed E-state index contributed by atoms with van der Waals surface area (Å²) in [5.41, 5.74) is 2.99. The highest BCUT2D eigenvalue weighted by atomic mass is 35.5. The number of anilines is 1. The summed E-state index contributed by atoms with van der Waals surface area (Å²) in [7, 11) is 1.53. The van der Waals surface area contributed by atoms with Crippen LogP contribution in [-0.4, -0.2) is 18.2 Å². The van der Waals surface area contributed by atoms with E-state index in [0.29, 0.717) is 22.2 Å². The lowest BCUT2D eigenvalue weighted by Gasteiger charge is -2.12. The van der Waals surface area contributed by atoms with Crippen LogP contribution in [0.15, 0.2) is 16.7 Å². The van der Waals surface area contributed by atoms with Crippen LogP contribution >= 0.6 is 11.6 Å². The molecular weight excluding hydrogens is 292 g/mol. The first-order valence-electron chi connectivity index (χ1n) is 6.48. The van der Waals surface area contributed by atoms with Gasteiger partial charge in [-0.15, -0.1) is 0 Å². The van der Waals surface area contributed by atoms with E-state index >= 15 is 0 Å². The third-order valence-electron chi connectivity index (χ3n) is 3.27. The molecule has 0 radical (unpaired) electrons. The third kappa shape index (κ3) is 3.36. The molecule has 0 aliphatic carbocycles. The number of aromatic nitrogens is 1. The summed E-state index contributed by atoms with van der Waals surface area (Å²) < 4.78 is 10.3. The Labute approximate surface area is 128 Å². The predicted molar refractivity (Wildman–Crippen MR) is 81.1 cm³/mol. The summed E-state index contributed by atoms with van der Waals surface area (Å²) in [5, 5.41) is 7.26. The molecular formula is C15H17ClN2O3. The molecule has 2 aromatic rings. The summed E-state index contributed by atoms with van der Waals surface area (Å²) in [5.74, 6) is 1.02. The highest BCUT2D eigenvalue weighted by molar-refractivity contribution is 6.31. The second-order valence-electron chi connectivity index (χ2n) is 4.83.